The Morgan fingerprint density at radius 3 is 2.50 bits per heavy atom. The molecule has 4 N–H and O–H groups in total. The van der Waals surface area contributed by atoms with Crippen molar-refractivity contribution in [3.8, 4) is 0 Å². The first-order chi connectivity index (χ1) is 5.86. The van der Waals surface area contributed by atoms with E-state index in [2.05, 4.69) is 10.4 Å². The maximum atomic E-state index is 8.89. The summed E-state index contributed by atoms with van der Waals surface area (Å²) >= 11 is 0. The van der Waals surface area contributed by atoms with Gasteiger partial charge in [-0.3, -0.25) is 0 Å². The van der Waals surface area contributed by atoms with Gasteiger partial charge in [-0.2, -0.15) is 0 Å². The van der Waals surface area contributed by atoms with Gasteiger partial charge in [0.2, 0.25) is 0 Å². The Morgan fingerprint density at radius 2 is 2.00 bits per heavy atom. The summed E-state index contributed by atoms with van der Waals surface area (Å²) in [5.74, 6) is 0. The van der Waals surface area contributed by atoms with Crippen LogP contribution in [0, 0.1) is 0 Å². The number of aliphatic hydroxyl groups excluding tert-OH is 1. The van der Waals surface area contributed by atoms with E-state index in [0.29, 0.717) is 6.54 Å². The van der Waals surface area contributed by atoms with Gasteiger partial charge in [-0.1, -0.05) is 6.42 Å². The van der Waals surface area contributed by atoms with Crippen LogP contribution in [0.2, 0.25) is 0 Å². The van der Waals surface area contributed by atoms with Crippen LogP contribution in [0.25, 0.3) is 0 Å². The average Bonchev–Trinajstić information content (AvgIpc) is 2.16. The molecule has 0 saturated carbocycles. The van der Waals surface area contributed by atoms with Crippen LogP contribution in [0.4, 0.5) is 0 Å². The van der Waals surface area contributed by atoms with Gasteiger partial charge in [0, 0.05) is 19.6 Å². The van der Waals surface area contributed by atoms with E-state index in [1.54, 1.807) is 0 Å². The summed E-state index contributed by atoms with van der Waals surface area (Å²) < 4.78 is 0. The molecule has 0 aromatic heterocycles. The van der Waals surface area contributed by atoms with Gasteiger partial charge in [0.1, 0.15) is 0 Å². The van der Waals surface area contributed by atoms with Crippen LogP contribution in [0.5, 0.6) is 0 Å². The molecule has 12 heavy (non-hydrogen) atoms. The van der Waals surface area contributed by atoms with Crippen molar-refractivity contribution in [3.63, 3.8) is 0 Å². The molecule has 0 spiro atoms. The Morgan fingerprint density at radius 1 is 1.33 bits per heavy atom. The number of nitrogens with zero attached hydrogens (tertiary/aromatic N) is 1. The molecule has 1 unspecified atom stereocenters. The van der Waals surface area contributed by atoms with Gasteiger partial charge in [0.15, 0.2) is 0 Å². The third-order valence-electron chi connectivity index (χ3n) is 2.23. The number of rotatable bonds is 4. The van der Waals surface area contributed by atoms with E-state index in [9.17, 15) is 0 Å². The van der Waals surface area contributed by atoms with Crippen molar-refractivity contribution >= 4 is 0 Å². The Labute approximate surface area is 73.7 Å². The van der Waals surface area contributed by atoms with E-state index in [1.165, 1.54) is 19.3 Å². The van der Waals surface area contributed by atoms with Gasteiger partial charge in [-0.15, -0.1) is 0 Å². The lowest BCUT2D eigenvalue weighted by Gasteiger charge is -2.30. The molecule has 0 aromatic carbocycles. The second-order valence-electron chi connectivity index (χ2n) is 3.29. The fourth-order valence-electron chi connectivity index (χ4n) is 1.45. The van der Waals surface area contributed by atoms with Crippen LogP contribution in [0.1, 0.15) is 19.3 Å². The summed E-state index contributed by atoms with van der Waals surface area (Å²) in [5.41, 5.74) is 8.66. The highest BCUT2D eigenvalue weighted by atomic mass is 16.3. The van der Waals surface area contributed by atoms with Gasteiger partial charge < -0.3 is 10.8 Å². The monoisotopic (exact) mass is 173 g/mol. The number of nitrogens with two attached hydrogens (primary N) is 1. The number of hydrazine groups is 1. The standard InChI is InChI=1S/C8H19N3O/c9-6-8(7-12)10-11-4-2-1-3-5-11/h8,10,12H,1-7,9H2. The molecule has 72 valence electrons. The molecule has 1 atom stereocenters. The van der Waals surface area contributed by atoms with Crippen LogP contribution in [0.15, 0.2) is 0 Å². The van der Waals surface area contributed by atoms with Gasteiger partial charge in [-0.25, -0.2) is 10.4 Å². The Hall–Kier alpha value is -0.160. The summed E-state index contributed by atoms with van der Waals surface area (Å²) in [6.45, 7) is 2.77. The van der Waals surface area contributed by atoms with Crippen molar-refractivity contribution < 1.29 is 5.11 Å². The van der Waals surface area contributed by atoms with E-state index < -0.39 is 0 Å². The van der Waals surface area contributed by atoms with Crippen LogP contribution in [-0.4, -0.2) is 42.4 Å². The van der Waals surface area contributed by atoms with Crippen molar-refractivity contribution in [1.82, 2.24) is 10.4 Å². The number of hydrogen-bond acceptors (Lipinski definition) is 4. The SMILES string of the molecule is NCC(CO)NN1CCCCC1. The van der Waals surface area contributed by atoms with Gasteiger partial charge in [-0.05, 0) is 12.8 Å². The first kappa shape index (κ1) is 9.92. The third-order valence-corrected chi connectivity index (χ3v) is 2.23. The predicted octanol–water partition coefficient (Wildman–Crippen LogP) is -0.703. The van der Waals surface area contributed by atoms with Gasteiger partial charge in [0.25, 0.3) is 0 Å². The lowest BCUT2D eigenvalue weighted by atomic mass is 10.2. The molecule has 4 heteroatoms. The van der Waals surface area contributed by atoms with Crippen LogP contribution in [-0.2, 0) is 0 Å². The van der Waals surface area contributed by atoms with Crippen LogP contribution < -0.4 is 11.2 Å². The van der Waals surface area contributed by atoms with E-state index >= 15 is 0 Å². The Kier molecular flexibility index (Phi) is 4.53. The number of piperidine rings is 1. The van der Waals surface area contributed by atoms with Crippen molar-refractivity contribution in [2.45, 2.75) is 25.3 Å². The average molecular weight is 173 g/mol. The highest BCUT2D eigenvalue weighted by Crippen LogP contribution is 2.05. The number of hydrogen-bond donors (Lipinski definition) is 3. The third kappa shape index (κ3) is 3.06. The van der Waals surface area contributed by atoms with Gasteiger partial charge >= 0.3 is 0 Å². The first-order valence-electron chi connectivity index (χ1n) is 4.69. The smallest absolute Gasteiger partial charge is 0.0610 e. The van der Waals surface area contributed by atoms with E-state index in [4.69, 9.17) is 10.8 Å². The molecule has 0 aromatic rings. The zero-order valence-corrected chi connectivity index (χ0v) is 7.50. The van der Waals surface area contributed by atoms with Crippen molar-refractivity contribution in [2.75, 3.05) is 26.2 Å². The largest absolute Gasteiger partial charge is 0.395 e. The van der Waals surface area contributed by atoms with E-state index in [1.807, 2.05) is 0 Å². The van der Waals surface area contributed by atoms with E-state index in [-0.39, 0.29) is 12.6 Å². The zero-order valence-electron chi connectivity index (χ0n) is 7.50. The number of nitrogens with one attached hydrogen (secondary N) is 1. The summed E-state index contributed by atoms with van der Waals surface area (Å²) in [7, 11) is 0. The normalized spacial score (nSPS) is 22.5. The summed E-state index contributed by atoms with van der Waals surface area (Å²) in [4.78, 5) is 0. The minimum atomic E-state index is 0.0306. The molecule has 0 radical (unpaired) electrons. The van der Waals surface area contributed by atoms with Crippen molar-refractivity contribution in [2.24, 2.45) is 5.73 Å². The molecule has 1 aliphatic heterocycles. The molecule has 0 amide bonds. The Bertz CT molecular complexity index is 111. The molecule has 1 aliphatic rings. The maximum absolute atomic E-state index is 8.89. The second kappa shape index (κ2) is 5.48. The second-order valence-corrected chi connectivity index (χ2v) is 3.29. The Balaban J connectivity index is 2.18. The fourth-order valence-corrected chi connectivity index (χ4v) is 1.45. The first-order valence-corrected chi connectivity index (χ1v) is 4.69. The lowest BCUT2D eigenvalue weighted by molar-refractivity contribution is 0.103. The van der Waals surface area contributed by atoms with Crippen LogP contribution >= 0.6 is 0 Å². The predicted molar refractivity (Wildman–Crippen MR) is 48.5 cm³/mol. The number of aliphatic hydroxyl groups is 1. The highest BCUT2D eigenvalue weighted by molar-refractivity contribution is 4.67. The molecule has 1 fully saturated rings. The minimum Gasteiger partial charge on any atom is -0.395 e. The van der Waals surface area contributed by atoms with E-state index in [0.717, 1.165) is 13.1 Å². The molecular formula is C8H19N3O. The minimum absolute atomic E-state index is 0.0306. The molecule has 4 nitrogen and oxygen atoms in total. The van der Waals surface area contributed by atoms with Gasteiger partial charge in [0.05, 0.1) is 12.6 Å². The summed E-state index contributed by atoms with van der Waals surface area (Å²) in [5, 5.41) is 11.1. The fraction of sp³-hybridized carbons (Fsp3) is 1.00. The topological polar surface area (TPSA) is 61.5 Å². The summed E-state index contributed by atoms with van der Waals surface area (Å²) in [6.07, 6.45) is 3.82. The molecule has 1 heterocycles. The quantitative estimate of drug-likeness (QED) is 0.526. The lowest BCUT2D eigenvalue weighted by Crippen LogP contribution is -2.51. The molecular weight excluding hydrogens is 154 g/mol. The zero-order chi connectivity index (χ0) is 8.81. The molecule has 1 saturated heterocycles. The maximum Gasteiger partial charge on any atom is 0.0610 e. The molecule has 1 rings (SSSR count). The molecule has 0 aliphatic carbocycles. The van der Waals surface area contributed by atoms with Crippen molar-refractivity contribution in [1.29, 1.82) is 0 Å². The highest BCUT2D eigenvalue weighted by Gasteiger charge is 2.13. The molecule has 0 bridgehead atoms. The van der Waals surface area contributed by atoms with Crippen molar-refractivity contribution in [3.05, 3.63) is 0 Å². The summed E-state index contributed by atoms with van der Waals surface area (Å²) in [6, 6.07) is 0.0306. The van der Waals surface area contributed by atoms with Crippen LogP contribution in [0.3, 0.4) is 0 Å².